The number of thiophene rings is 1. The Morgan fingerprint density at radius 1 is 1.47 bits per heavy atom. The highest BCUT2D eigenvalue weighted by atomic mass is 32.2. The van der Waals surface area contributed by atoms with Crippen LogP contribution in [0.1, 0.15) is 23.9 Å². The minimum absolute atomic E-state index is 0.0134. The van der Waals surface area contributed by atoms with Crippen LogP contribution in [0.5, 0.6) is 0 Å². The van der Waals surface area contributed by atoms with Crippen LogP contribution in [0.4, 0.5) is 0 Å². The van der Waals surface area contributed by atoms with Crippen molar-refractivity contribution in [2.45, 2.75) is 24.3 Å². The number of amides is 1. The van der Waals surface area contributed by atoms with Gasteiger partial charge in [0.2, 0.25) is 5.91 Å². The summed E-state index contributed by atoms with van der Waals surface area (Å²) >= 11 is 1.58. The first kappa shape index (κ1) is 13.1. The highest BCUT2D eigenvalue weighted by Gasteiger charge is 2.39. The third-order valence-electron chi connectivity index (χ3n) is 3.75. The molecule has 2 saturated heterocycles. The summed E-state index contributed by atoms with van der Waals surface area (Å²) in [5.41, 5.74) is 0. The molecule has 3 heterocycles. The summed E-state index contributed by atoms with van der Waals surface area (Å²) in [6.07, 6.45) is 1.22. The fourth-order valence-electron chi connectivity index (χ4n) is 2.73. The second-order valence-electron chi connectivity index (χ2n) is 4.98. The molecule has 0 aliphatic carbocycles. The highest BCUT2D eigenvalue weighted by Crippen LogP contribution is 2.29. The standard InChI is InChI=1S/C12H16N2O3S2/c15-11-7-13-12(10-4-1-5-18-10)14(11)8-9-3-2-6-19(9,16)17/h1,4-5,9,12-13H,2-3,6-8H2. The van der Waals surface area contributed by atoms with Gasteiger partial charge in [-0.2, -0.15) is 0 Å². The normalized spacial score (nSPS) is 30.1. The summed E-state index contributed by atoms with van der Waals surface area (Å²) in [6, 6.07) is 3.91. The van der Waals surface area contributed by atoms with Crippen LogP contribution in [-0.2, 0) is 14.6 Å². The summed E-state index contributed by atoms with van der Waals surface area (Å²) in [6.45, 7) is 0.603. The molecule has 2 atom stereocenters. The van der Waals surface area contributed by atoms with Gasteiger partial charge in [-0.15, -0.1) is 11.3 Å². The molecule has 0 radical (unpaired) electrons. The van der Waals surface area contributed by atoms with E-state index in [1.165, 1.54) is 0 Å². The van der Waals surface area contributed by atoms with Crippen LogP contribution in [0, 0.1) is 0 Å². The average molecular weight is 300 g/mol. The van der Waals surface area contributed by atoms with Crippen molar-refractivity contribution in [3.63, 3.8) is 0 Å². The van der Waals surface area contributed by atoms with E-state index in [1.54, 1.807) is 16.2 Å². The minimum atomic E-state index is -3.01. The molecule has 5 nitrogen and oxygen atoms in total. The van der Waals surface area contributed by atoms with Gasteiger partial charge in [0.1, 0.15) is 6.17 Å². The van der Waals surface area contributed by atoms with Crippen molar-refractivity contribution >= 4 is 27.1 Å². The van der Waals surface area contributed by atoms with E-state index >= 15 is 0 Å². The summed E-state index contributed by atoms with van der Waals surface area (Å²) < 4.78 is 23.8. The Labute approximate surface area is 116 Å². The van der Waals surface area contributed by atoms with Crippen LogP contribution in [0.2, 0.25) is 0 Å². The Morgan fingerprint density at radius 2 is 2.32 bits per heavy atom. The number of nitrogens with one attached hydrogen (secondary N) is 1. The Hall–Kier alpha value is -0.920. The molecule has 104 valence electrons. The maximum Gasteiger partial charge on any atom is 0.238 e. The number of carbonyl (C=O) groups is 1. The SMILES string of the molecule is O=C1CNC(c2cccs2)N1CC1CCCS1(=O)=O. The van der Waals surface area contributed by atoms with Crippen molar-refractivity contribution in [1.29, 1.82) is 0 Å². The first-order chi connectivity index (χ1) is 9.08. The molecule has 2 aliphatic rings. The van der Waals surface area contributed by atoms with E-state index in [-0.39, 0.29) is 29.6 Å². The lowest BCUT2D eigenvalue weighted by molar-refractivity contribution is -0.128. The molecule has 0 saturated carbocycles. The van der Waals surface area contributed by atoms with Gasteiger partial charge in [0.05, 0.1) is 17.5 Å². The molecule has 1 aromatic heterocycles. The van der Waals surface area contributed by atoms with Gasteiger partial charge in [0, 0.05) is 11.4 Å². The molecule has 0 bridgehead atoms. The van der Waals surface area contributed by atoms with Gasteiger partial charge in [-0.25, -0.2) is 8.42 Å². The maximum atomic E-state index is 12.0. The molecule has 0 spiro atoms. The number of sulfone groups is 1. The van der Waals surface area contributed by atoms with Crippen molar-refractivity contribution in [2.75, 3.05) is 18.8 Å². The number of nitrogens with zero attached hydrogens (tertiary/aromatic N) is 1. The van der Waals surface area contributed by atoms with Gasteiger partial charge >= 0.3 is 0 Å². The lowest BCUT2D eigenvalue weighted by atomic mass is 10.2. The zero-order valence-corrected chi connectivity index (χ0v) is 12.0. The highest BCUT2D eigenvalue weighted by molar-refractivity contribution is 7.92. The van der Waals surface area contributed by atoms with Crippen molar-refractivity contribution < 1.29 is 13.2 Å². The van der Waals surface area contributed by atoms with E-state index in [2.05, 4.69) is 5.32 Å². The van der Waals surface area contributed by atoms with Crippen LogP contribution in [-0.4, -0.2) is 43.3 Å². The molecule has 2 fully saturated rings. The molecule has 3 rings (SSSR count). The van der Waals surface area contributed by atoms with E-state index in [0.29, 0.717) is 19.4 Å². The van der Waals surface area contributed by atoms with Gasteiger partial charge in [0.15, 0.2) is 9.84 Å². The molecule has 7 heteroatoms. The molecule has 19 heavy (non-hydrogen) atoms. The molecule has 2 unspecified atom stereocenters. The molecule has 2 aliphatic heterocycles. The van der Waals surface area contributed by atoms with Crippen molar-refractivity contribution in [3.05, 3.63) is 22.4 Å². The molecular formula is C12H16N2O3S2. The monoisotopic (exact) mass is 300 g/mol. The Balaban J connectivity index is 1.80. The molecule has 1 amide bonds. The van der Waals surface area contributed by atoms with E-state index in [0.717, 1.165) is 4.88 Å². The van der Waals surface area contributed by atoms with E-state index in [9.17, 15) is 13.2 Å². The van der Waals surface area contributed by atoms with E-state index in [1.807, 2.05) is 17.5 Å². The van der Waals surface area contributed by atoms with Gasteiger partial charge in [-0.3, -0.25) is 10.1 Å². The largest absolute Gasteiger partial charge is 0.320 e. The number of hydrogen-bond acceptors (Lipinski definition) is 5. The third-order valence-corrected chi connectivity index (χ3v) is 6.94. The smallest absolute Gasteiger partial charge is 0.238 e. The molecular weight excluding hydrogens is 284 g/mol. The predicted octanol–water partition coefficient (Wildman–Crippen LogP) is 0.756. The molecule has 1 N–H and O–H groups in total. The first-order valence-corrected chi connectivity index (χ1v) is 8.95. The number of rotatable bonds is 3. The third kappa shape index (κ3) is 2.42. The Bertz CT molecular complexity index is 568. The number of carbonyl (C=O) groups excluding carboxylic acids is 1. The van der Waals surface area contributed by atoms with Crippen LogP contribution in [0.25, 0.3) is 0 Å². The quantitative estimate of drug-likeness (QED) is 0.895. The molecule has 1 aromatic rings. The molecule has 0 aromatic carbocycles. The van der Waals surface area contributed by atoms with Crippen LogP contribution in [0.3, 0.4) is 0 Å². The van der Waals surface area contributed by atoms with Crippen LogP contribution in [0.15, 0.2) is 17.5 Å². The van der Waals surface area contributed by atoms with Crippen LogP contribution < -0.4 is 5.32 Å². The van der Waals surface area contributed by atoms with Crippen molar-refractivity contribution in [1.82, 2.24) is 10.2 Å². The van der Waals surface area contributed by atoms with Gasteiger partial charge in [-0.05, 0) is 24.3 Å². The van der Waals surface area contributed by atoms with Gasteiger partial charge in [0.25, 0.3) is 0 Å². The van der Waals surface area contributed by atoms with Crippen molar-refractivity contribution in [2.24, 2.45) is 0 Å². The van der Waals surface area contributed by atoms with Crippen LogP contribution >= 0.6 is 11.3 Å². The van der Waals surface area contributed by atoms with Crippen molar-refractivity contribution in [3.8, 4) is 0 Å². The fourth-order valence-corrected chi connectivity index (χ4v) is 5.36. The Morgan fingerprint density at radius 3 is 2.95 bits per heavy atom. The zero-order valence-electron chi connectivity index (χ0n) is 10.4. The maximum absolute atomic E-state index is 12.0. The summed E-state index contributed by atoms with van der Waals surface area (Å²) in [5.74, 6) is 0.247. The second-order valence-corrected chi connectivity index (χ2v) is 8.36. The van der Waals surface area contributed by atoms with Gasteiger partial charge < -0.3 is 4.90 Å². The average Bonchev–Trinajstić information content (AvgIpc) is 3.03. The predicted molar refractivity (Wildman–Crippen MR) is 73.6 cm³/mol. The number of hydrogen-bond donors (Lipinski definition) is 1. The lowest BCUT2D eigenvalue weighted by Gasteiger charge is -2.25. The minimum Gasteiger partial charge on any atom is -0.320 e. The summed E-state index contributed by atoms with van der Waals surface area (Å²) in [7, 11) is -3.01. The van der Waals surface area contributed by atoms with E-state index in [4.69, 9.17) is 0 Å². The second kappa shape index (κ2) is 4.88. The summed E-state index contributed by atoms with van der Waals surface area (Å²) in [5, 5.41) is 4.72. The Kier molecular flexibility index (Phi) is 3.36. The van der Waals surface area contributed by atoms with Gasteiger partial charge in [-0.1, -0.05) is 6.07 Å². The first-order valence-electron chi connectivity index (χ1n) is 6.36. The topological polar surface area (TPSA) is 66.5 Å². The zero-order chi connectivity index (χ0) is 13.5. The van der Waals surface area contributed by atoms with E-state index < -0.39 is 9.84 Å². The fraction of sp³-hybridized carbons (Fsp3) is 0.583. The summed E-state index contributed by atoms with van der Waals surface area (Å²) in [4.78, 5) is 14.7. The lowest BCUT2D eigenvalue weighted by Crippen LogP contribution is -2.38.